The molecule has 4 heteroatoms. The number of carbonyl (C=O) groups is 1. The van der Waals surface area contributed by atoms with Crippen LogP contribution in [0, 0.1) is 5.92 Å². The highest BCUT2D eigenvalue weighted by Gasteiger charge is 2.45. The van der Waals surface area contributed by atoms with Gasteiger partial charge in [-0.25, -0.2) is 0 Å². The molecular formula is C17H30N2OS. The zero-order valence-electron chi connectivity index (χ0n) is 13.6. The van der Waals surface area contributed by atoms with E-state index in [1.54, 1.807) is 0 Å². The molecule has 120 valence electrons. The van der Waals surface area contributed by atoms with E-state index < -0.39 is 0 Å². The molecule has 1 aliphatic heterocycles. The van der Waals surface area contributed by atoms with Crippen molar-refractivity contribution in [1.29, 1.82) is 0 Å². The van der Waals surface area contributed by atoms with Gasteiger partial charge in [0.25, 0.3) is 0 Å². The Kier molecular flexibility index (Phi) is 4.84. The largest absolute Gasteiger partial charge is 0.324 e. The van der Waals surface area contributed by atoms with Crippen LogP contribution in [0.2, 0.25) is 0 Å². The van der Waals surface area contributed by atoms with Gasteiger partial charge >= 0.3 is 0 Å². The molecule has 1 saturated heterocycles. The Hall–Kier alpha value is -0.220. The van der Waals surface area contributed by atoms with Crippen molar-refractivity contribution < 1.29 is 4.79 Å². The fourth-order valence-corrected chi connectivity index (χ4v) is 5.54. The maximum atomic E-state index is 12.7. The number of hydrogen-bond acceptors (Lipinski definition) is 3. The van der Waals surface area contributed by atoms with Gasteiger partial charge in [-0.05, 0) is 44.8 Å². The van der Waals surface area contributed by atoms with Gasteiger partial charge < -0.3 is 4.90 Å². The van der Waals surface area contributed by atoms with Gasteiger partial charge in [-0.2, -0.15) is 11.8 Å². The first-order valence-electron chi connectivity index (χ1n) is 8.77. The van der Waals surface area contributed by atoms with Crippen molar-refractivity contribution in [2.75, 3.05) is 12.8 Å². The van der Waals surface area contributed by atoms with Crippen molar-refractivity contribution >= 4 is 17.7 Å². The van der Waals surface area contributed by atoms with Crippen molar-refractivity contribution in [3.63, 3.8) is 0 Å². The third kappa shape index (κ3) is 3.12. The number of thioether (sulfide) groups is 1. The van der Waals surface area contributed by atoms with E-state index >= 15 is 0 Å². The van der Waals surface area contributed by atoms with E-state index in [9.17, 15) is 4.79 Å². The van der Waals surface area contributed by atoms with E-state index in [1.165, 1.54) is 57.8 Å². The molecule has 0 radical (unpaired) electrons. The third-order valence-corrected chi connectivity index (χ3v) is 7.32. The number of hydrogen-bond donors (Lipinski definition) is 1. The normalized spacial score (nSPS) is 33.8. The average molecular weight is 311 g/mol. The summed E-state index contributed by atoms with van der Waals surface area (Å²) >= 11 is 2.01. The quantitative estimate of drug-likeness (QED) is 0.864. The van der Waals surface area contributed by atoms with Crippen molar-refractivity contribution in [1.82, 2.24) is 10.2 Å². The summed E-state index contributed by atoms with van der Waals surface area (Å²) < 4.78 is 0.316. The SMILES string of the molecule is CSC1(CN2C(=O)C(C)NC2C2CCCC2)CCCCC1. The fourth-order valence-electron chi connectivity index (χ4n) is 4.58. The Morgan fingerprint density at radius 3 is 2.48 bits per heavy atom. The molecule has 0 aromatic rings. The van der Waals surface area contributed by atoms with E-state index in [-0.39, 0.29) is 6.04 Å². The summed E-state index contributed by atoms with van der Waals surface area (Å²) in [6.45, 7) is 3.00. The Morgan fingerprint density at radius 2 is 1.86 bits per heavy atom. The maximum Gasteiger partial charge on any atom is 0.240 e. The lowest BCUT2D eigenvalue weighted by atomic mass is 9.87. The molecule has 0 spiro atoms. The van der Waals surface area contributed by atoms with Gasteiger partial charge in [-0.15, -0.1) is 0 Å². The Labute approximate surface area is 133 Å². The lowest BCUT2D eigenvalue weighted by Crippen LogP contribution is -2.49. The first kappa shape index (κ1) is 15.7. The van der Waals surface area contributed by atoms with Crippen molar-refractivity contribution in [2.45, 2.75) is 81.7 Å². The molecule has 21 heavy (non-hydrogen) atoms. The average Bonchev–Trinajstić information content (AvgIpc) is 3.12. The van der Waals surface area contributed by atoms with Crippen LogP contribution in [0.1, 0.15) is 64.7 Å². The second-order valence-corrected chi connectivity index (χ2v) is 8.57. The molecule has 2 atom stereocenters. The monoisotopic (exact) mass is 310 g/mol. The summed E-state index contributed by atoms with van der Waals surface area (Å²) in [5.41, 5.74) is 0. The van der Waals surface area contributed by atoms with E-state index in [4.69, 9.17) is 0 Å². The van der Waals surface area contributed by atoms with Crippen LogP contribution in [-0.4, -0.2) is 40.6 Å². The van der Waals surface area contributed by atoms with Gasteiger partial charge in [0.15, 0.2) is 0 Å². The topological polar surface area (TPSA) is 32.3 Å². The van der Waals surface area contributed by atoms with Gasteiger partial charge in [0, 0.05) is 11.3 Å². The summed E-state index contributed by atoms with van der Waals surface area (Å²) in [6.07, 6.45) is 14.4. The van der Waals surface area contributed by atoms with E-state index in [2.05, 4.69) is 16.5 Å². The number of amides is 1. The molecule has 0 bridgehead atoms. The first-order valence-corrected chi connectivity index (χ1v) is 9.99. The molecule has 1 amide bonds. The highest BCUT2D eigenvalue weighted by molar-refractivity contribution is 8.00. The third-order valence-electron chi connectivity index (χ3n) is 5.91. The van der Waals surface area contributed by atoms with E-state index in [1.807, 2.05) is 18.7 Å². The molecule has 1 N–H and O–H groups in total. The van der Waals surface area contributed by atoms with Crippen molar-refractivity contribution in [3.8, 4) is 0 Å². The maximum absolute atomic E-state index is 12.7. The lowest BCUT2D eigenvalue weighted by molar-refractivity contribution is -0.130. The minimum atomic E-state index is 0.0121. The molecule has 2 unspecified atom stereocenters. The lowest BCUT2D eigenvalue weighted by Gasteiger charge is -2.41. The van der Waals surface area contributed by atoms with Crippen LogP contribution in [0.3, 0.4) is 0 Å². The molecule has 3 aliphatic rings. The number of rotatable bonds is 4. The second-order valence-electron chi connectivity index (χ2n) is 7.29. The van der Waals surface area contributed by atoms with Crippen LogP contribution in [0.5, 0.6) is 0 Å². The van der Waals surface area contributed by atoms with Gasteiger partial charge in [0.2, 0.25) is 5.91 Å². The molecule has 0 aromatic heterocycles. The second kappa shape index (κ2) is 6.49. The molecule has 2 saturated carbocycles. The predicted molar refractivity (Wildman–Crippen MR) is 89.4 cm³/mol. The molecule has 0 aromatic carbocycles. The van der Waals surface area contributed by atoms with E-state index in [0.29, 0.717) is 22.7 Å². The molecule has 2 aliphatic carbocycles. The van der Waals surface area contributed by atoms with Gasteiger partial charge in [-0.3, -0.25) is 10.1 Å². The molecular weight excluding hydrogens is 280 g/mol. The first-order chi connectivity index (χ1) is 10.2. The van der Waals surface area contributed by atoms with E-state index in [0.717, 1.165) is 6.54 Å². The predicted octanol–water partition coefficient (Wildman–Crippen LogP) is 3.39. The van der Waals surface area contributed by atoms with Gasteiger partial charge in [0.1, 0.15) is 0 Å². The fraction of sp³-hybridized carbons (Fsp3) is 0.941. The zero-order chi connectivity index (χ0) is 14.9. The summed E-state index contributed by atoms with van der Waals surface area (Å²) in [5, 5.41) is 3.59. The summed E-state index contributed by atoms with van der Waals surface area (Å²) in [4.78, 5) is 14.9. The van der Waals surface area contributed by atoms with Crippen LogP contribution in [0.4, 0.5) is 0 Å². The minimum Gasteiger partial charge on any atom is -0.324 e. The smallest absolute Gasteiger partial charge is 0.240 e. The van der Waals surface area contributed by atoms with Crippen LogP contribution >= 0.6 is 11.8 Å². The minimum absolute atomic E-state index is 0.0121. The van der Waals surface area contributed by atoms with Gasteiger partial charge in [-0.1, -0.05) is 32.1 Å². The molecule has 1 heterocycles. The highest BCUT2D eigenvalue weighted by Crippen LogP contribution is 2.41. The number of nitrogens with one attached hydrogen (secondary N) is 1. The summed E-state index contributed by atoms with van der Waals surface area (Å²) in [7, 11) is 0. The highest BCUT2D eigenvalue weighted by atomic mass is 32.2. The number of nitrogens with zero attached hydrogens (tertiary/aromatic N) is 1. The Morgan fingerprint density at radius 1 is 1.19 bits per heavy atom. The Bertz CT molecular complexity index is 375. The van der Waals surface area contributed by atoms with Crippen molar-refractivity contribution in [3.05, 3.63) is 0 Å². The summed E-state index contributed by atoms with van der Waals surface area (Å²) in [5.74, 6) is 1.02. The van der Waals surface area contributed by atoms with Crippen LogP contribution in [0.15, 0.2) is 0 Å². The molecule has 3 nitrogen and oxygen atoms in total. The van der Waals surface area contributed by atoms with Crippen LogP contribution in [-0.2, 0) is 4.79 Å². The van der Waals surface area contributed by atoms with Gasteiger partial charge in [0.05, 0.1) is 12.2 Å². The Balaban J connectivity index is 1.74. The molecule has 3 fully saturated rings. The van der Waals surface area contributed by atoms with Crippen molar-refractivity contribution in [2.24, 2.45) is 5.92 Å². The number of carbonyl (C=O) groups excluding carboxylic acids is 1. The van der Waals surface area contributed by atoms with Crippen LogP contribution in [0.25, 0.3) is 0 Å². The molecule has 3 rings (SSSR count). The van der Waals surface area contributed by atoms with Crippen LogP contribution < -0.4 is 5.32 Å². The summed E-state index contributed by atoms with van der Waals surface area (Å²) in [6, 6.07) is 0.0121. The zero-order valence-corrected chi connectivity index (χ0v) is 14.4. The standard InChI is InChI=1S/C17H30N2OS/c1-13-16(20)19(15(18-13)14-8-4-5-9-14)12-17(21-2)10-6-3-7-11-17/h13-15,18H,3-12H2,1-2H3.